The number of nitrogens with one attached hydrogen (secondary N) is 1. The second-order valence-electron chi connectivity index (χ2n) is 5.34. The highest BCUT2D eigenvalue weighted by Crippen LogP contribution is 2.26. The van der Waals surface area contributed by atoms with Crippen molar-refractivity contribution in [3.8, 4) is 0 Å². The molecular formula is C11H21N3O4. The first-order valence-corrected chi connectivity index (χ1v) is 6.19. The van der Waals surface area contributed by atoms with Gasteiger partial charge in [0.1, 0.15) is 6.10 Å². The predicted molar refractivity (Wildman–Crippen MR) is 65.1 cm³/mol. The lowest BCUT2D eigenvalue weighted by molar-refractivity contribution is -0.771. The first-order chi connectivity index (χ1) is 8.30. The molecular weight excluding hydrogens is 238 g/mol. The number of hydrogen-bond acceptors (Lipinski definition) is 5. The molecule has 0 spiro atoms. The molecule has 0 saturated heterocycles. The molecule has 0 aromatic carbocycles. The van der Waals surface area contributed by atoms with Gasteiger partial charge in [0.05, 0.1) is 5.54 Å². The Bertz CT molecular complexity index is 314. The minimum absolute atomic E-state index is 0.0181. The number of rotatable bonds is 5. The molecule has 1 rings (SSSR count). The van der Waals surface area contributed by atoms with Crippen LogP contribution in [0.25, 0.3) is 0 Å². The van der Waals surface area contributed by atoms with Gasteiger partial charge in [-0.25, -0.2) is 0 Å². The Labute approximate surface area is 106 Å². The Balaban J connectivity index is 2.47. The third-order valence-corrected chi connectivity index (χ3v) is 3.17. The van der Waals surface area contributed by atoms with Gasteiger partial charge in [-0.3, -0.25) is 4.79 Å². The molecule has 0 aromatic heterocycles. The fourth-order valence-corrected chi connectivity index (χ4v) is 2.11. The lowest BCUT2D eigenvalue weighted by Gasteiger charge is -2.30. The maximum atomic E-state index is 11.6. The smallest absolute Gasteiger partial charge is 0.294 e. The Morgan fingerprint density at radius 1 is 1.50 bits per heavy atom. The molecule has 2 unspecified atom stereocenters. The summed E-state index contributed by atoms with van der Waals surface area (Å²) in [5, 5.41) is 12.4. The second kappa shape index (κ2) is 5.99. The summed E-state index contributed by atoms with van der Waals surface area (Å²) >= 11 is 0. The lowest BCUT2D eigenvalue weighted by Crippen LogP contribution is -2.51. The van der Waals surface area contributed by atoms with E-state index in [0.717, 1.165) is 19.3 Å². The number of nitrogens with two attached hydrogens (primary N) is 1. The predicted octanol–water partition coefficient (Wildman–Crippen LogP) is 0.607. The summed E-state index contributed by atoms with van der Waals surface area (Å²) in [6, 6.07) is 0. The Morgan fingerprint density at radius 3 is 2.67 bits per heavy atom. The van der Waals surface area contributed by atoms with Crippen molar-refractivity contribution in [1.82, 2.24) is 5.32 Å². The van der Waals surface area contributed by atoms with Crippen molar-refractivity contribution in [2.75, 3.05) is 6.54 Å². The van der Waals surface area contributed by atoms with Gasteiger partial charge in [0.2, 0.25) is 5.91 Å². The van der Waals surface area contributed by atoms with Crippen LogP contribution in [0.2, 0.25) is 0 Å². The zero-order chi connectivity index (χ0) is 13.8. The Morgan fingerprint density at radius 2 is 2.11 bits per heavy atom. The van der Waals surface area contributed by atoms with Gasteiger partial charge in [-0.15, -0.1) is 10.1 Å². The molecule has 0 heterocycles. The number of carbonyl (C=O) groups excluding carboxylic acids is 1. The van der Waals surface area contributed by atoms with Crippen LogP contribution < -0.4 is 11.1 Å². The van der Waals surface area contributed by atoms with Crippen molar-refractivity contribution in [2.24, 2.45) is 11.7 Å². The molecule has 1 aliphatic rings. The quantitative estimate of drug-likeness (QED) is 0.555. The van der Waals surface area contributed by atoms with E-state index < -0.39 is 16.7 Å². The standard InChI is InChI=1S/C11H21N3O4/c1-11(2,12)10(15)13-7-8-5-3-4-6-9(8)18-14(16)17/h8-9H,3-7,12H2,1-2H3,(H,13,15). The largest absolute Gasteiger partial charge is 0.354 e. The normalized spacial score (nSPS) is 24.4. The first kappa shape index (κ1) is 14.7. The summed E-state index contributed by atoms with van der Waals surface area (Å²) in [5.41, 5.74) is 4.72. The van der Waals surface area contributed by atoms with Crippen molar-refractivity contribution in [2.45, 2.75) is 51.2 Å². The molecule has 2 atom stereocenters. The number of amides is 1. The van der Waals surface area contributed by atoms with Crippen molar-refractivity contribution < 1.29 is 14.7 Å². The van der Waals surface area contributed by atoms with Gasteiger partial charge in [-0.05, 0) is 26.7 Å². The van der Waals surface area contributed by atoms with Gasteiger partial charge in [0, 0.05) is 12.5 Å². The van der Waals surface area contributed by atoms with Crippen LogP contribution in [0.5, 0.6) is 0 Å². The van der Waals surface area contributed by atoms with Crippen LogP contribution in [-0.4, -0.2) is 29.2 Å². The maximum absolute atomic E-state index is 11.6. The molecule has 3 N–H and O–H groups in total. The van der Waals surface area contributed by atoms with E-state index in [1.807, 2.05) is 0 Å². The highest BCUT2D eigenvalue weighted by atomic mass is 17.0. The van der Waals surface area contributed by atoms with Crippen LogP contribution in [0.3, 0.4) is 0 Å². The molecule has 7 heteroatoms. The molecule has 1 fully saturated rings. The van der Waals surface area contributed by atoms with Gasteiger partial charge >= 0.3 is 0 Å². The van der Waals surface area contributed by atoms with E-state index in [1.165, 1.54) is 0 Å². The number of carbonyl (C=O) groups is 1. The van der Waals surface area contributed by atoms with Crippen LogP contribution in [0.1, 0.15) is 39.5 Å². The summed E-state index contributed by atoms with van der Waals surface area (Å²) in [6.45, 7) is 3.61. The molecule has 0 aromatic rings. The molecule has 1 aliphatic carbocycles. The topological polar surface area (TPSA) is 107 Å². The van der Waals surface area contributed by atoms with Crippen molar-refractivity contribution >= 4 is 5.91 Å². The fraction of sp³-hybridized carbons (Fsp3) is 0.909. The summed E-state index contributed by atoms with van der Waals surface area (Å²) in [4.78, 5) is 26.7. The monoisotopic (exact) mass is 259 g/mol. The molecule has 18 heavy (non-hydrogen) atoms. The average molecular weight is 259 g/mol. The zero-order valence-electron chi connectivity index (χ0n) is 10.8. The summed E-state index contributed by atoms with van der Waals surface area (Å²) < 4.78 is 0. The molecule has 7 nitrogen and oxygen atoms in total. The molecule has 1 saturated carbocycles. The average Bonchev–Trinajstić information content (AvgIpc) is 2.25. The molecule has 1 amide bonds. The zero-order valence-corrected chi connectivity index (χ0v) is 10.8. The summed E-state index contributed by atoms with van der Waals surface area (Å²) in [7, 11) is 0. The van der Waals surface area contributed by atoms with E-state index in [4.69, 9.17) is 5.73 Å². The van der Waals surface area contributed by atoms with E-state index in [1.54, 1.807) is 13.8 Å². The van der Waals surface area contributed by atoms with Gasteiger partial charge in [-0.2, -0.15) is 0 Å². The fourth-order valence-electron chi connectivity index (χ4n) is 2.11. The van der Waals surface area contributed by atoms with Crippen LogP contribution in [0.4, 0.5) is 0 Å². The van der Waals surface area contributed by atoms with Crippen LogP contribution >= 0.6 is 0 Å². The van der Waals surface area contributed by atoms with Crippen LogP contribution in [0, 0.1) is 16.0 Å². The van der Waals surface area contributed by atoms with E-state index in [0.29, 0.717) is 13.0 Å². The highest BCUT2D eigenvalue weighted by molar-refractivity contribution is 5.84. The minimum Gasteiger partial charge on any atom is -0.354 e. The minimum atomic E-state index is -0.936. The van der Waals surface area contributed by atoms with Gasteiger partial charge in [0.15, 0.2) is 0 Å². The van der Waals surface area contributed by atoms with E-state index in [9.17, 15) is 14.9 Å². The van der Waals surface area contributed by atoms with Gasteiger partial charge in [-0.1, -0.05) is 12.8 Å². The van der Waals surface area contributed by atoms with Crippen LogP contribution in [0.15, 0.2) is 0 Å². The molecule has 104 valence electrons. The highest BCUT2D eigenvalue weighted by Gasteiger charge is 2.30. The van der Waals surface area contributed by atoms with E-state index in [2.05, 4.69) is 10.2 Å². The first-order valence-electron chi connectivity index (χ1n) is 6.19. The van der Waals surface area contributed by atoms with Crippen molar-refractivity contribution in [3.05, 3.63) is 10.1 Å². The third kappa shape index (κ3) is 4.48. The molecule has 0 radical (unpaired) electrons. The van der Waals surface area contributed by atoms with Crippen LogP contribution in [-0.2, 0) is 9.63 Å². The number of nitrogens with zero attached hydrogens (tertiary/aromatic N) is 1. The Kier molecular flexibility index (Phi) is 4.89. The van der Waals surface area contributed by atoms with E-state index >= 15 is 0 Å². The van der Waals surface area contributed by atoms with E-state index in [-0.39, 0.29) is 11.8 Å². The third-order valence-electron chi connectivity index (χ3n) is 3.17. The molecule has 0 aliphatic heterocycles. The van der Waals surface area contributed by atoms with Crippen molar-refractivity contribution in [3.63, 3.8) is 0 Å². The molecule has 0 bridgehead atoms. The Hall–Kier alpha value is -1.37. The van der Waals surface area contributed by atoms with Crippen molar-refractivity contribution in [1.29, 1.82) is 0 Å². The lowest BCUT2D eigenvalue weighted by atomic mass is 9.86. The van der Waals surface area contributed by atoms with Gasteiger partial charge < -0.3 is 15.9 Å². The number of hydrogen-bond donors (Lipinski definition) is 2. The van der Waals surface area contributed by atoms with Gasteiger partial charge in [0.25, 0.3) is 5.09 Å². The summed E-state index contributed by atoms with van der Waals surface area (Å²) in [6.07, 6.45) is 2.99. The SMILES string of the molecule is CC(C)(N)C(=O)NCC1CCCCC1O[N+](=O)[O-]. The summed E-state index contributed by atoms with van der Waals surface area (Å²) in [5.74, 6) is -0.275. The second-order valence-corrected chi connectivity index (χ2v) is 5.34. The maximum Gasteiger partial charge on any atom is 0.294 e.